The zero-order valence-corrected chi connectivity index (χ0v) is 18.3. The predicted molar refractivity (Wildman–Crippen MR) is 119 cm³/mol. The topological polar surface area (TPSA) is 80.1 Å². The van der Waals surface area contributed by atoms with E-state index >= 15 is 0 Å². The Balaban J connectivity index is 1.50. The van der Waals surface area contributed by atoms with Crippen LogP contribution in [-0.2, 0) is 7.05 Å². The highest BCUT2D eigenvalue weighted by molar-refractivity contribution is 6.31. The minimum Gasteiger partial charge on any atom is -0.355 e. The molecular formula is C23H24ClN5O2. The van der Waals surface area contributed by atoms with Gasteiger partial charge in [-0.05, 0) is 43.5 Å². The van der Waals surface area contributed by atoms with Crippen molar-refractivity contribution in [3.05, 3.63) is 57.9 Å². The Morgan fingerprint density at radius 2 is 1.97 bits per heavy atom. The van der Waals surface area contributed by atoms with Gasteiger partial charge in [0.1, 0.15) is 0 Å². The molecule has 31 heavy (non-hydrogen) atoms. The molecule has 160 valence electrons. The second-order valence-corrected chi connectivity index (χ2v) is 8.84. The lowest BCUT2D eigenvalue weighted by Gasteiger charge is -2.16. The van der Waals surface area contributed by atoms with Crippen molar-refractivity contribution in [3.8, 4) is 0 Å². The molecule has 3 aromatic rings. The number of rotatable bonds is 4. The molecular weight excluding hydrogens is 414 g/mol. The van der Waals surface area contributed by atoms with Gasteiger partial charge >= 0.3 is 0 Å². The van der Waals surface area contributed by atoms with Gasteiger partial charge in [0.15, 0.2) is 5.65 Å². The second kappa shape index (κ2) is 7.64. The highest BCUT2D eigenvalue weighted by Gasteiger charge is 2.34. The molecule has 0 bridgehead atoms. The number of aryl methyl sites for hydroxylation is 1. The van der Waals surface area contributed by atoms with Crippen LogP contribution in [0.3, 0.4) is 0 Å². The van der Waals surface area contributed by atoms with Gasteiger partial charge < -0.3 is 10.2 Å². The second-order valence-electron chi connectivity index (χ2n) is 8.40. The predicted octanol–water partition coefficient (Wildman–Crippen LogP) is 3.49. The van der Waals surface area contributed by atoms with Gasteiger partial charge in [-0.25, -0.2) is 4.98 Å². The third kappa shape index (κ3) is 3.57. The third-order valence-electron chi connectivity index (χ3n) is 6.24. The number of hydrogen-bond donors (Lipinski definition) is 1. The minimum atomic E-state index is -0.131. The average Bonchev–Trinajstić information content (AvgIpc) is 3.42. The molecule has 1 N–H and O–H groups in total. The van der Waals surface area contributed by atoms with E-state index in [9.17, 15) is 9.59 Å². The standard InChI is InChI=1S/C23H24ClN5O2/c1-25-22(30)17-11-18(13-6-7-13)26-21-19(17)20(27-28(21)2)15-8-9-29(12-15)23(31)14-4-3-5-16(24)10-14/h3-5,10-11,13,15H,6-9,12H2,1-2H3,(H,25,30). The molecule has 2 amide bonds. The number of nitrogens with one attached hydrogen (secondary N) is 1. The maximum Gasteiger partial charge on any atom is 0.253 e. The molecule has 0 radical (unpaired) electrons. The number of carbonyl (C=O) groups excluding carboxylic acids is 2. The molecule has 1 saturated carbocycles. The molecule has 0 spiro atoms. The van der Waals surface area contributed by atoms with Crippen LogP contribution in [0.1, 0.15) is 63.2 Å². The van der Waals surface area contributed by atoms with Crippen LogP contribution in [0.4, 0.5) is 0 Å². The summed E-state index contributed by atoms with van der Waals surface area (Å²) in [6, 6.07) is 8.95. The van der Waals surface area contributed by atoms with E-state index < -0.39 is 0 Å². The van der Waals surface area contributed by atoms with Crippen LogP contribution >= 0.6 is 11.6 Å². The molecule has 7 nitrogen and oxygen atoms in total. The molecule has 5 rings (SSSR count). The van der Waals surface area contributed by atoms with E-state index in [1.165, 1.54) is 0 Å². The van der Waals surface area contributed by atoms with Crippen LogP contribution in [0, 0.1) is 0 Å². The van der Waals surface area contributed by atoms with E-state index in [0.29, 0.717) is 35.2 Å². The Morgan fingerprint density at radius 3 is 2.68 bits per heavy atom. The summed E-state index contributed by atoms with van der Waals surface area (Å²) < 4.78 is 1.77. The van der Waals surface area contributed by atoms with Gasteiger partial charge in [0, 0.05) is 55.3 Å². The van der Waals surface area contributed by atoms with E-state index in [1.54, 1.807) is 36.0 Å². The van der Waals surface area contributed by atoms with Crippen molar-refractivity contribution < 1.29 is 9.59 Å². The van der Waals surface area contributed by atoms with E-state index in [4.69, 9.17) is 21.7 Å². The van der Waals surface area contributed by atoms with E-state index in [-0.39, 0.29) is 17.7 Å². The fraction of sp³-hybridized carbons (Fsp3) is 0.391. The largest absolute Gasteiger partial charge is 0.355 e. The van der Waals surface area contributed by atoms with Gasteiger partial charge in [0.2, 0.25) is 0 Å². The first-order valence-corrected chi connectivity index (χ1v) is 11.0. The molecule has 2 aromatic heterocycles. The highest BCUT2D eigenvalue weighted by Crippen LogP contribution is 2.41. The van der Waals surface area contributed by atoms with Gasteiger partial charge in [0.05, 0.1) is 16.6 Å². The fourth-order valence-corrected chi connectivity index (χ4v) is 4.65. The van der Waals surface area contributed by atoms with Gasteiger partial charge in [0.25, 0.3) is 11.8 Å². The van der Waals surface area contributed by atoms with Crippen LogP contribution in [0.5, 0.6) is 0 Å². The Hall–Kier alpha value is -2.93. The van der Waals surface area contributed by atoms with Crippen molar-refractivity contribution in [2.45, 2.75) is 31.1 Å². The van der Waals surface area contributed by atoms with Crippen molar-refractivity contribution in [1.82, 2.24) is 25.0 Å². The monoisotopic (exact) mass is 437 g/mol. The number of halogens is 1. The lowest BCUT2D eigenvalue weighted by atomic mass is 9.98. The number of likely N-dealkylation sites (tertiary alicyclic amines) is 1. The SMILES string of the molecule is CNC(=O)c1cc(C2CC2)nc2c1c(C1CCN(C(=O)c3cccc(Cl)c3)C1)nn2C. The highest BCUT2D eigenvalue weighted by atomic mass is 35.5. The van der Waals surface area contributed by atoms with Gasteiger partial charge in [-0.3, -0.25) is 14.3 Å². The summed E-state index contributed by atoms with van der Waals surface area (Å²) in [6.07, 6.45) is 3.01. The zero-order chi connectivity index (χ0) is 21.7. The number of aromatic nitrogens is 3. The number of amides is 2. The smallest absolute Gasteiger partial charge is 0.253 e. The molecule has 1 aromatic carbocycles. The summed E-state index contributed by atoms with van der Waals surface area (Å²) in [7, 11) is 3.51. The van der Waals surface area contributed by atoms with Gasteiger partial charge in [-0.1, -0.05) is 17.7 Å². The summed E-state index contributed by atoms with van der Waals surface area (Å²) in [4.78, 5) is 32.4. The lowest BCUT2D eigenvalue weighted by Crippen LogP contribution is -2.28. The minimum absolute atomic E-state index is 0.0362. The van der Waals surface area contributed by atoms with Gasteiger partial charge in [-0.2, -0.15) is 5.10 Å². The number of benzene rings is 1. The fourth-order valence-electron chi connectivity index (χ4n) is 4.46. The Bertz CT molecular complexity index is 1200. The quantitative estimate of drug-likeness (QED) is 0.677. The molecule has 1 atom stereocenters. The Kier molecular flexibility index (Phi) is 4.93. The normalized spacial score (nSPS) is 18.5. The maximum atomic E-state index is 13.0. The van der Waals surface area contributed by atoms with Crippen LogP contribution in [0.15, 0.2) is 30.3 Å². The molecule has 2 aliphatic rings. The van der Waals surface area contributed by atoms with Crippen molar-refractivity contribution in [2.75, 3.05) is 20.1 Å². The Labute approximate surface area is 185 Å². The third-order valence-corrected chi connectivity index (χ3v) is 6.48. The number of nitrogens with zero attached hydrogens (tertiary/aromatic N) is 4. The van der Waals surface area contributed by atoms with Crippen molar-refractivity contribution in [3.63, 3.8) is 0 Å². The summed E-state index contributed by atoms with van der Waals surface area (Å²) in [5.74, 6) is 0.312. The first-order chi connectivity index (χ1) is 15.0. The van der Waals surface area contributed by atoms with E-state index in [0.717, 1.165) is 41.7 Å². The van der Waals surface area contributed by atoms with Crippen LogP contribution in [0.2, 0.25) is 5.02 Å². The molecule has 1 unspecified atom stereocenters. The van der Waals surface area contributed by atoms with Crippen LogP contribution in [0.25, 0.3) is 11.0 Å². The summed E-state index contributed by atoms with van der Waals surface area (Å²) >= 11 is 6.06. The van der Waals surface area contributed by atoms with Gasteiger partial charge in [-0.15, -0.1) is 0 Å². The number of hydrogen-bond acceptors (Lipinski definition) is 4. The molecule has 8 heteroatoms. The van der Waals surface area contributed by atoms with Crippen LogP contribution in [-0.4, -0.2) is 51.6 Å². The molecule has 2 fully saturated rings. The molecule has 1 saturated heterocycles. The van der Waals surface area contributed by atoms with Crippen molar-refractivity contribution >= 4 is 34.4 Å². The molecule has 3 heterocycles. The van der Waals surface area contributed by atoms with Crippen LogP contribution < -0.4 is 5.32 Å². The summed E-state index contributed by atoms with van der Waals surface area (Å²) in [6.45, 7) is 1.19. The first-order valence-electron chi connectivity index (χ1n) is 10.6. The molecule has 1 aliphatic heterocycles. The lowest BCUT2D eigenvalue weighted by molar-refractivity contribution is 0.0790. The summed E-state index contributed by atoms with van der Waals surface area (Å²) in [5, 5.41) is 8.87. The number of carbonyl (C=O) groups is 2. The average molecular weight is 438 g/mol. The van der Waals surface area contributed by atoms with Crippen molar-refractivity contribution in [1.29, 1.82) is 0 Å². The maximum absolute atomic E-state index is 13.0. The zero-order valence-electron chi connectivity index (χ0n) is 17.6. The van der Waals surface area contributed by atoms with Crippen molar-refractivity contribution in [2.24, 2.45) is 7.05 Å². The molecule has 1 aliphatic carbocycles. The summed E-state index contributed by atoms with van der Waals surface area (Å²) in [5.41, 5.74) is 3.74. The Morgan fingerprint density at radius 1 is 1.16 bits per heavy atom. The number of pyridine rings is 1. The first kappa shape index (κ1) is 20.0. The number of fused-ring (bicyclic) bond motifs is 1. The van der Waals surface area contributed by atoms with E-state index in [1.807, 2.05) is 18.0 Å². The van der Waals surface area contributed by atoms with E-state index in [2.05, 4.69) is 5.32 Å².